The smallest absolute Gasteiger partial charge is 0.316 e. The van der Waals surface area contributed by atoms with Gasteiger partial charge in [-0.3, -0.25) is 9.55 Å². The van der Waals surface area contributed by atoms with Gasteiger partial charge in [0.1, 0.15) is 0 Å². The van der Waals surface area contributed by atoms with Crippen LogP contribution < -0.4 is 5.32 Å². The van der Waals surface area contributed by atoms with Crippen LogP contribution in [0, 0.1) is 0 Å². The second-order valence-corrected chi connectivity index (χ2v) is 9.35. The first-order valence-electron chi connectivity index (χ1n) is 12.2. The molecule has 0 aliphatic rings. The van der Waals surface area contributed by atoms with E-state index >= 15 is 0 Å². The molecule has 2 aromatic carbocycles. The summed E-state index contributed by atoms with van der Waals surface area (Å²) in [4.78, 5) is 13.4. The Morgan fingerprint density at radius 3 is 2.55 bits per heavy atom. The van der Waals surface area contributed by atoms with Crippen LogP contribution in [-0.2, 0) is 22.1 Å². The maximum atomic E-state index is 10.6. The Morgan fingerprint density at radius 1 is 0.970 bits per heavy atom. The van der Waals surface area contributed by atoms with Gasteiger partial charge in [-0.2, -0.15) is 0 Å². The SMILES string of the molecule is CCCCCCCCc1ccc(-c2ccc(CNCCCO[PH](=O)O)c3ncccc23)cc1. The van der Waals surface area contributed by atoms with Crippen molar-refractivity contribution < 1.29 is 14.0 Å². The van der Waals surface area contributed by atoms with Crippen molar-refractivity contribution in [3.05, 3.63) is 65.9 Å². The van der Waals surface area contributed by atoms with Gasteiger partial charge < -0.3 is 14.7 Å². The molecule has 178 valence electrons. The highest BCUT2D eigenvalue weighted by atomic mass is 31.1. The highest BCUT2D eigenvalue weighted by Crippen LogP contribution is 2.30. The molecule has 3 aromatic rings. The maximum absolute atomic E-state index is 10.6. The number of fused-ring (bicyclic) bond motifs is 1. The Labute approximate surface area is 198 Å². The van der Waals surface area contributed by atoms with Crippen LogP contribution in [0.4, 0.5) is 0 Å². The number of nitrogens with one attached hydrogen (secondary N) is 1. The average molecular weight is 469 g/mol. The minimum atomic E-state index is -2.83. The fraction of sp³-hybridized carbons (Fsp3) is 0.444. The number of rotatable bonds is 15. The molecule has 3 rings (SSSR count). The summed E-state index contributed by atoms with van der Waals surface area (Å²) in [6.45, 7) is 3.95. The molecule has 1 heterocycles. The minimum Gasteiger partial charge on any atom is -0.326 e. The van der Waals surface area contributed by atoms with Crippen molar-refractivity contribution in [1.82, 2.24) is 10.3 Å². The molecule has 1 aromatic heterocycles. The molecule has 33 heavy (non-hydrogen) atoms. The van der Waals surface area contributed by atoms with Crippen molar-refractivity contribution >= 4 is 19.2 Å². The monoisotopic (exact) mass is 468 g/mol. The largest absolute Gasteiger partial charge is 0.326 e. The van der Waals surface area contributed by atoms with E-state index in [4.69, 9.17) is 9.42 Å². The maximum Gasteiger partial charge on any atom is 0.316 e. The first-order valence-corrected chi connectivity index (χ1v) is 13.5. The van der Waals surface area contributed by atoms with Crippen LogP contribution in [0.3, 0.4) is 0 Å². The summed E-state index contributed by atoms with van der Waals surface area (Å²) in [5.41, 5.74) is 5.99. The second kappa shape index (κ2) is 14.3. The molecule has 0 bridgehead atoms. The van der Waals surface area contributed by atoms with E-state index in [1.54, 1.807) is 0 Å². The summed E-state index contributed by atoms with van der Waals surface area (Å²) in [6, 6.07) is 17.5. The van der Waals surface area contributed by atoms with Gasteiger partial charge in [-0.25, -0.2) is 0 Å². The number of pyridine rings is 1. The number of unbranched alkanes of at least 4 members (excludes halogenated alkanes) is 5. The van der Waals surface area contributed by atoms with Gasteiger partial charge in [-0.05, 0) is 54.1 Å². The molecule has 5 nitrogen and oxygen atoms in total. The lowest BCUT2D eigenvalue weighted by Gasteiger charge is -2.12. The molecule has 1 unspecified atom stereocenters. The van der Waals surface area contributed by atoms with E-state index in [0.29, 0.717) is 19.5 Å². The lowest BCUT2D eigenvalue weighted by molar-refractivity contribution is 0.276. The Kier molecular flexibility index (Phi) is 11.1. The summed E-state index contributed by atoms with van der Waals surface area (Å²) in [5, 5.41) is 4.53. The summed E-state index contributed by atoms with van der Waals surface area (Å²) in [6.07, 6.45) is 11.6. The highest BCUT2D eigenvalue weighted by Gasteiger charge is 2.09. The van der Waals surface area contributed by atoms with E-state index in [1.807, 2.05) is 12.3 Å². The third-order valence-corrected chi connectivity index (χ3v) is 6.43. The molecular weight excluding hydrogens is 431 g/mol. The predicted molar refractivity (Wildman–Crippen MR) is 138 cm³/mol. The Bertz CT molecular complexity index is 1010. The molecule has 0 spiro atoms. The number of nitrogens with zero attached hydrogens (tertiary/aromatic N) is 1. The van der Waals surface area contributed by atoms with Gasteiger partial charge >= 0.3 is 8.25 Å². The second-order valence-electron chi connectivity index (χ2n) is 8.53. The van der Waals surface area contributed by atoms with Crippen LogP contribution in [0.5, 0.6) is 0 Å². The Balaban J connectivity index is 1.60. The zero-order valence-corrected chi connectivity index (χ0v) is 20.7. The van der Waals surface area contributed by atoms with Gasteiger partial charge in [0.15, 0.2) is 0 Å². The van der Waals surface area contributed by atoms with Gasteiger partial charge in [0.05, 0.1) is 12.1 Å². The normalized spacial score (nSPS) is 12.3. The van der Waals surface area contributed by atoms with Gasteiger partial charge in [-0.1, -0.05) is 81.5 Å². The van der Waals surface area contributed by atoms with E-state index in [-0.39, 0.29) is 6.61 Å². The molecular formula is C27H37N2O3P. The van der Waals surface area contributed by atoms with Crippen molar-refractivity contribution in [2.24, 2.45) is 0 Å². The molecule has 0 fully saturated rings. The third-order valence-electron chi connectivity index (χ3n) is 5.98. The Hall–Kier alpha value is -2.04. The zero-order chi connectivity index (χ0) is 23.3. The van der Waals surface area contributed by atoms with E-state index in [9.17, 15) is 4.57 Å². The topological polar surface area (TPSA) is 71.5 Å². The van der Waals surface area contributed by atoms with Crippen LogP contribution in [-0.4, -0.2) is 23.0 Å². The van der Waals surface area contributed by atoms with E-state index in [2.05, 4.69) is 59.7 Å². The van der Waals surface area contributed by atoms with E-state index < -0.39 is 8.25 Å². The number of benzene rings is 2. The lowest BCUT2D eigenvalue weighted by Crippen LogP contribution is -2.16. The van der Waals surface area contributed by atoms with Crippen molar-refractivity contribution in [3.63, 3.8) is 0 Å². The van der Waals surface area contributed by atoms with Crippen LogP contribution >= 0.6 is 8.25 Å². The van der Waals surface area contributed by atoms with Crippen LogP contribution in [0.1, 0.15) is 63.0 Å². The number of hydrogen-bond donors (Lipinski definition) is 2. The third kappa shape index (κ3) is 8.35. The predicted octanol–water partition coefficient (Wildman–Crippen LogP) is 6.68. The van der Waals surface area contributed by atoms with Crippen molar-refractivity contribution in [2.75, 3.05) is 13.2 Å². The number of aromatic nitrogens is 1. The molecule has 6 heteroatoms. The van der Waals surface area contributed by atoms with Gasteiger partial charge in [0.2, 0.25) is 0 Å². The highest BCUT2D eigenvalue weighted by molar-refractivity contribution is 7.32. The molecule has 0 saturated carbocycles. The summed E-state index contributed by atoms with van der Waals surface area (Å²) < 4.78 is 15.3. The molecule has 1 atom stereocenters. The van der Waals surface area contributed by atoms with Crippen LogP contribution in [0.15, 0.2) is 54.7 Å². The average Bonchev–Trinajstić information content (AvgIpc) is 2.84. The fourth-order valence-corrected chi connectivity index (χ4v) is 4.48. The standard InChI is InChI=1S/C27H37N2O3P/c1-2-3-4-5-6-7-10-22-12-14-23(15-13-22)25-17-16-24(27-26(25)11-8-19-29-27)21-28-18-9-20-32-33(30)31/h8,11-17,19,28,33H,2-7,9-10,18,20-21H2,1H3,(H,30,31). The molecule has 0 radical (unpaired) electrons. The molecule has 0 aliphatic heterocycles. The zero-order valence-electron chi connectivity index (χ0n) is 19.7. The quantitative estimate of drug-likeness (QED) is 0.192. The lowest BCUT2D eigenvalue weighted by atomic mass is 9.96. The van der Waals surface area contributed by atoms with Crippen molar-refractivity contribution in [1.29, 1.82) is 0 Å². The summed E-state index contributed by atoms with van der Waals surface area (Å²) in [7, 11) is -2.83. The molecule has 0 aliphatic carbocycles. The first-order chi connectivity index (χ1) is 16.2. The van der Waals surface area contributed by atoms with E-state index in [1.165, 1.54) is 55.2 Å². The van der Waals surface area contributed by atoms with Gasteiger partial charge in [0, 0.05) is 18.1 Å². The van der Waals surface area contributed by atoms with Gasteiger partial charge in [0.25, 0.3) is 0 Å². The summed E-state index contributed by atoms with van der Waals surface area (Å²) >= 11 is 0. The first kappa shape index (κ1) is 25.6. The minimum absolute atomic E-state index is 0.286. The van der Waals surface area contributed by atoms with Crippen LogP contribution in [0.2, 0.25) is 0 Å². The Morgan fingerprint density at radius 2 is 1.76 bits per heavy atom. The van der Waals surface area contributed by atoms with Gasteiger partial charge in [-0.15, -0.1) is 0 Å². The molecule has 0 saturated heterocycles. The van der Waals surface area contributed by atoms with E-state index in [0.717, 1.165) is 22.9 Å². The molecule has 0 amide bonds. The van der Waals surface area contributed by atoms with Crippen molar-refractivity contribution in [2.45, 2.75) is 64.8 Å². The summed E-state index contributed by atoms with van der Waals surface area (Å²) in [5.74, 6) is 0. The number of hydrogen-bond acceptors (Lipinski definition) is 4. The molecule has 2 N–H and O–H groups in total. The van der Waals surface area contributed by atoms with Crippen LogP contribution in [0.25, 0.3) is 22.0 Å². The van der Waals surface area contributed by atoms with Crippen molar-refractivity contribution in [3.8, 4) is 11.1 Å². The fourth-order valence-electron chi connectivity index (χ4n) is 4.17. The number of aryl methyl sites for hydroxylation is 1.